The first-order valence-corrected chi connectivity index (χ1v) is 10.7. The molecular weight excluding hydrogens is 408 g/mol. The van der Waals surface area contributed by atoms with E-state index < -0.39 is 6.09 Å². The minimum absolute atomic E-state index is 0.0156. The average molecular weight is 432 g/mol. The fraction of sp³-hybridized carbons (Fsp3) is 0.292. The maximum absolute atomic E-state index is 12.9. The number of rotatable bonds is 3. The van der Waals surface area contributed by atoms with Crippen LogP contribution in [0.15, 0.2) is 48.8 Å². The molecule has 8 nitrogen and oxygen atoms in total. The highest BCUT2D eigenvalue weighted by Gasteiger charge is 2.20. The van der Waals surface area contributed by atoms with Gasteiger partial charge in [0.25, 0.3) is 5.91 Å². The largest absolute Gasteiger partial charge is 0.465 e. The molecule has 1 aromatic carbocycles. The Balaban J connectivity index is 1.45. The Kier molecular flexibility index (Phi) is 5.36. The van der Waals surface area contributed by atoms with Crippen LogP contribution in [-0.2, 0) is 4.74 Å². The van der Waals surface area contributed by atoms with Crippen LogP contribution in [0.5, 0.6) is 0 Å². The molecule has 8 heteroatoms. The van der Waals surface area contributed by atoms with Crippen molar-refractivity contribution in [2.24, 2.45) is 0 Å². The number of aromatic nitrogens is 2. The number of ether oxygens (including phenoxy) is 1. The summed E-state index contributed by atoms with van der Waals surface area (Å²) in [6.07, 6.45) is 5.47. The lowest BCUT2D eigenvalue weighted by Gasteiger charge is -2.27. The van der Waals surface area contributed by atoms with Crippen molar-refractivity contribution in [3.63, 3.8) is 0 Å². The summed E-state index contributed by atoms with van der Waals surface area (Å²) in [6, 6.07) is 9.72. The Hall–Kier alpha value is -3.65. The van der Waals surface area contributed by atoms with Gasteiger partial charge in [-0.05, 0) is 35.8 Å². The summed E-state index contributed by atoms with van der Waals surface area (Å²) in [6.45, 7) is 3.23. The van der Waals surface area contributed by atoms with Gasteiger partial charge in [-0.2, -0.15) is 0 Å². The third-order valence-corrected chi connectivity index (χ3v) is 6.10. The van der Waals surface area contributed by atoms with E-state index >= 15 is 0 Å². The fourth-order valence-electron chi connectivity index (χ4n) is 4.30. The van der Waals surface area contributed by atoms with Crippen molar-refractivity contribution in [3.8, 4) is 11.1 Å². The molecule has 0 saturated carbocycles. The number of nitrogens with one attached hydrogen (secondary N) is 1. The van der Waals surface area contributed by atoms with Crippen LogP contribution in [0.1, 0.15) is 22.3 Å². The molecule has 0 aliphatic carbocycles. The van der Waals surface area contributed by atoms with Gasteiger partial charge in [-0.1, -0.05) is 18.2 Å². The molecule has 3 aromatic rings. The lowest BCUT2D eigenvalue weighted by Crippen LogP contribution is -2.40. The molecule has 1 fully saturated rings. The summed E-state index contributed by atoms with van der Waals surface area (Å²) in [4.78, 5) is 35.1. The summed E-state index contributed by atoms with van der Waals surface area (Å²) < 4.78 is 5.35. The van der Waals surface area contributed by atoms with Gasteiger partial charge in [0, 0.05) is 60.6 Å². The van der Waals surface area contributed by atoms with Gasteiger partial charge < -0.3 is 24.6 Å². The second kappa shape index (κ2) is 8.47. The van der Waals surface area contributed by atoms with Crippen LogP contribution in [0.3, 0.4) is 0 Å². The summed E-state index contributed by atoms with van der Waals surface area (Å²) in [5.41, 5.74) is 5.45. The molecular formula is C24H24N4O4. The quantitative estimate of drug-likeness (QED) is 0.660. The second-order valence-corrected chi connectivity index (χ2v) is 8.02. The molecule has 1 saturated heterocycles. The first-order chi connectivity index (χ1) is 15.6. The number of H-pyrrole nitrogens is 1. The summed E-state index contributed by atoms with van der Waals surface area (Å²) in [5.74, 6) is 0.0156. The van der Waals surface area contributed by atoms with Crippen LogP contribution in [-0.4, -0.2) is 76.3 Å². The number of carboxylic acid groups (broad SMARTS) is 1. The number of morpholine rings is 1. The van der Waals surface area contributed by atoms with Crippen molar-refractivity contribution in [2.45, 2.75) is 6.42 Å². The maximum Gasteiger partial charge on any atom is 0.407 e. The van der Waals surface area contributed by atoms with Crippen molar-refractivity contribution >= 4 is 28.6 Å². The monoisotopic (exact) mass is 432 g/mol. The van der Waals surface area contributed by atoms with Crippen molar-refractivity contribution < 1.29 is 19.4 Å². The number of pyridine rings is 1. The molecule has 0 bridgehead atoms. The van der Waals surface area contributed by atoms with E-state index in [2.05, 4.69) is 16.0 Å². The molecule has 164 valence electrons. The Morgan fingerprint density at radius 2 is 1.91 bits per heavy atom. The number of carbonyl (C=O) groups excluding carboxylic acids is 1. The average Bonchev–Trinajstić information content (AvgIpc) is 3.27. The Bertz CT molecular complexity index is 1210. The zero-order valence-corrected chi connectivity index (χ0v) is 17.6. The summed E-state index contributed by atoms with van der Waals surface area (Å²) >= 11 is 0. The predicted octanol–water partition coefficient (Wildman–Crippen LogP) is 3.47. The third-order valence-electron chi connectivity index (χ3n) is 6.10. The van der Waals surface area contributed by atoms with Crippen LogP contribution in [0, 0.1) is 0 Å². The van der Waals surface area contributed by atoms with E-state index in [-0.39, 0.29) is 5.91 Å². The Morgan fingerprint density at radius 1 is 1.06 bits per heavy atom. The van der Waals surface area contributed by atoms with Gasteiger partial charge in [-0.3, -0.25) is 4.79 Å². The molecule has 2 amide bonds. The van der Waals surface area contributed by atoms with Gasteiger partial charge in [-0.15, -0.1) is 0 Å². The number of carbonyl (C=O) groups is 2. The molecule has 4 heterocycles. The highest BCUT2D eigenvalue weighted by atomic mass is 16.5. The SMILES string of the molecule is O=C(O)N1CC=C(c2c[nH]c3ncc(-c4cccc(C(=O)N5CCOCC5)c4)cc23)CC1. The van der Waals surface area contributed by atoms with Crippen LogP contribution in [0.25, 0.3) is 27.7 Å². The van der Waals surface area contributed by atoms with E-state index in [0.717, 1.165) is 33.3 Å². The molecule has 0 spiro atoms. The lowest BCUT2D eigenvalue weighted by atomic mass is 9.97. The van der Waals surface area contributed by atoms with E-state index in [1.165, 1.54) is 4.90 Å². The van der Waals surface area contributed by atoms with Gasteiger partial charge in [0.15, 0.2) is 0 Å². The van der Waals surface area contributed by atoms with Crippen LogP contribution in [0.4, 0.5) is 4.79 Å². The van der Waals surface area contributed by atoms with Crippen LogP contribution >= 0.6 is 0 Å². The van der Waals surface area contributed by atoms with Gasteiger partial charge in [0.1, 0.15) is 5.65 Å². The molecule has 2 aliphatic rings. The van der Waals surface area contributed by atoms with Gasteiger partial charge in [0.05, 0.1) is 13.2 Å². The predicted molar refractivity (Wildman–Crippen MR) is 120 cm³/mol. The van der Waals surface area contributed by atoms with Crippen molar-refractivity contribution in [1.29, 1.82) is 0 Å². The van der Waals surface area contributed by atoms with E-state index in [1.807, 2.05) is 47.6 Å². The first-order valence-electron chi connectivity index (χ1n) is 10.7. The van der Waals surface area contributed by atoms with Crippen molar-refractivity contribution in [3.05, 3.63) is 59.9 Å². The molecule has 2 aromatic heterocycles. The number of aromatic amines is 1. The first kappa shape index (κ1) is 20.3. The zero-order valence-electron chi connectivity index (χ0n) is 17.6. The second-order valence-electron chi connectivity index (χ2n) is 8.02. The van der Waals surface area contributed by atoms with Gasteiger partial charge in [-0.25, -0.2) is 9.78 Å². The minimum Gasteiger partial charge on any atom is -0.465 e. The van der Waals surface area contributed by atoms with E-state index in [4.69, 9.17) is 4.74 Å². The minimum atomic E-state index is -0.894. The Morgan fingerprint density at radius 3 is 2.66 bits per heavy atom. The molecule has 2 N–H and O–H groups in total. The summed E-state index contributed by atoms with van der Waals surface area (Å²) in [7, 11) is 0. The topological polar surface area (TPSA) is 98.8 Å². The third kappa shape index (κ3) is 3.85. The molecule has 2 aliphatic heterocycles. The Labute approximate surface area is 185 Å². The van der Waals surface area contributed by atoms with E-state index in [9.17, 15) is 14.7 Å². The fourth-order valence-corrected chi connectivity index (χ4v) is 4.30. The van der Waals surface area contributed by atoms with Gasteiger partial charge in [0.2, 0.25) is 0 Å². The van der Waals surface area contributed by atoms with E-state index in [1.54, 1.807) is 0 Å². The molecule has 5 rings (SSSR count). The van der Waals surface area contributed by atoms with Crippen molar-refractivity contribution in [1.82, 2.24) is 19.8 Å². The maximum atomic E-state index is 12.9. The van der Waals surface area contributed by atoms with Crippen LogP contribution < -0.4 is 0 Å². The normalized spacial score (nSPS) is 16.8. The number of amides is 2. The number of fused-ring (bicyclic) bond motifs is 1. The zero-order chi connectivity index (χ0) is 22.1. The van der Waals surface area contributed by atoms with Crippen LogP contribution in [0.2, 0.25) is 0 Å². The molecule has 0 radical (unpaired) electrons. The highest BCUT2D eigenvalue weighted by Crippen LogP contribution is 2.31. The number of hydrogen-bond donors (Lipinski definition) is 2. The summed E-state index contributed by atoms with van der Waals surface area (Å²) in [5, 5.41) is 10.2. The molecule has 0 unspecified atom stereocenters. The number of benzene rings is 1. The number of nitrogens with zero attached hydrogens (tertiary/aromatic N) is 3. The molecule has 0 atom stereocenters. The number of hydrogen-bond acceptors (Lipinski definition) is 4. The lowest BCUT2D eigenvalue weighted by molar-refractivity contribution is 0.0303. The molecule has 32 heavy (non-hydrogen) atoms. The highest BCUT2D eigenvalue weighted by molar-refractivity contribution is 5.97. The van der Waals surface area contributed by atoms with Gasteiger partial charge >= 0.3 is 6.09 Å². The van der Waals surface area contributed by atoms with Crippen molar-refractivity contribution in [2.75, 3.05) is 39.4 Å². The van der Waals surface area contributed by atoms with E-state index in [0.29, 0.717) is 51.4 Å². The standard InChI is InChI=1S/C24H24N4O4/c29-23(27-8-10-32-11-9-27)18-3-1-2-17(12-18)19-13-20-21(15-26-22(20)25-14-19)16-4-6-28(7-5-16)24(30)31/h1-4,12-15H,5-11H2,(H,25,26)(H,30,31). The smallest absolute Gasteiger partial charge is 0.407 e.